The molecular weight excluding hydrogens is 206 g/mol. The summed E-state index contributed by atoms with van der Waals surface area (Å²) >= 11 is 4.22. The molecule has 2 nitrogen and oxygen atoms in total. The van der Waals surface area contributed by atoms with Gasteiger partial charge in [-0.25, -0.2) is 0 Å². The Hall–Kier alpha value is -0.960. The molecule has 0 aliphatic rings. The number of rotatable bonds is 3. The Morgan fingerprint density at radius 2 is 2.13 bits per heavy atom. The van der Waals surface area contributed by atoms with Crippen LogP contribution in [0.4, 0.5) is 0 Å². The molecule has 1 N–H and O–H groups in total. The van der Waals surface area contributed by atoms with Crippen LogP contribution in [0.25, 0.3) is 0 Å². The molecule has 1 rings (SSSR count). The molecule has 0 fully saturated rings. The van der Waals surface area contributed by atoms with Gasteiger partial charge in [0.1, 0.15) is 0 Å². The van der Waals surface area contributed by atoms with Gasteiger partial charge in [0, 0.05) is 17.0 Å². The van der Waals surface area contributed by atoms with Crippen LogP contribution in [0, 0.1) is 12.8 Å². The quantitative estimate of drug-likeness (QED) is 0.758. The average molecular weight is 223 g/mol. The zero-order chi connectivity index (χ0) is 11.4. The van der Waals surface area contributed by atoms with Crippen molar-refractivity contribution in [1.82, 2.24) is 5.32 Å². The van der Waals surface area contributed by atoms with Crippen molar-refractivity contribution in [3.8, 4) is 0 Å². The number of carbonyl (C=O) groups excluding carboxylic acids is 1. The molecule has 0 spiro atoms. The molecule has 1 aromatic rings. The topological polar surface area (TPSA) is 29.1 Å². The third-order valence-corrected chi connectivity index (χ3v) is 2.41. The fourth-order valence-corrected chi connectivity index (χ4v) is 1.45. The lowest BCUT2D eigenvalue weighted by atomic mass is 10.1. The van der Waals surface area contributed by atoms with Crippen molar-refractivity contribution in [3.05, 3.63) is 29.3 Å². The molecule has 0 bridgehead atoms. The van der Waals surface area contributed by atoms with E-state index in [0.717, 1.165) is 10.5 Å². The molecule has 0 saturated carbocycles. The number of hydrogen-bond acceptors (Lipinski definition) is 2. The first-order valence-corrected chi connectivity index (χ1v) is 5.53. The van der Waals surface area contributed by atoms with Crippen LogP contribution >= 0.6 is 12.6 Å². The van der Waals surface area contributed by atoms with Crippen LogP contribution in [0.2, 0.25) is 0 Å². The van der Waals surface area contributed by atoms with Gasteiger partial charge in [0.2, 0.25) is 0 Å². The fourth-order valence-electron chi connectivity index (χ4n) is 1.25. The summed E-state index contributed by atoms with van der Waals surface area (Å²) in [5.41, 5.74) is 1.69. The molecule has 15 heavy (non-hydrogen) atoms. The molecule has 0 aliphatic heterocycles. The van der Waals surface area contributed by atoms with Crippen molar-refractivity contribution in [3.63, 3.8) is 0 Å². The third-order valence-electron chi connectivity index (χ3n) is 2.14. The first-order chi connectivity index (χ1) is 7.00. The minimum absolute atomic E-state index is 0.0166. The van der Waals surface area contributed by atoms with E-state index in [1.54, 1.807) is 6.07 Å². The zero-order valence-corrected chi connectivity index (χ0v) is 10.3. The maximum atomic E-state index is 11.8. The minimum atomic E-state index is -0.0166. The Kier molecular flexibility index (Phi) is 4.21. The van der Waals surface area contributed by atoms with Crippen LogP contribution in [-0.4, -0.2) is 12.5 Å². The summed E-state index contributed by atoms with van der Waals surface area (Å²) in [6.07, 6.45) is 0. The van der Waals surface area contributed by atoms with Gasteiger partial charge in [0.15, 0.2) is 0 Å². The summed E-state index contributed by atoms with van der Waals surface area (Å²) in [6.45, 7) is 6.77. The Balaban J connectivity index is 2.77. The van der Waals surface area contributed by atoms with Crippen molar-refractivity contribution >= 4 is 18.5 Å². The number of thiol groups is 1. The third kappa shape index (κ3) is 3.59. The number of amides is 1. The summed E-state index contributed by atoms with van der Waals surface area (Å²) in [7, 11) is 0. The zero-order valence-electron chi connectivity index (χ0n) is 9.37. The van der Waals surface area contributed by atoms with E-state index in [4.69, 9.17) is 0 Å². The first-order valence-electron chi connectivity index (χ1n) is 5.08. The average Bonchev–Trinajstić information content (AvgIpc) is 2.18. The lowest BCUT2D eigenvalue weighted by molar-refractivity contribution is 0.0948. The van der Waals surface area contributed by atoms with Gasteiger partial charge in [-0.2, -0.15) is 0 Å². The largest absolute Gasteiger partial charge is 0.352 e. The van der Waals surface area contributed by atoms with Crippen LogP contribution in [0.15, 0.2) is 23.1 Å². The predicted molar refractivity (Wildman–Crippen MR) is 65.6 cm³/mol. The van der Waals surface area contributed by atoms with Crippen molar-refractivity contribution in [2.45, 2.75) is 25.7 Å². The number of carbonyl (C=O) groups is 1. The maximum absolute atomic E-state index is 11.8. The van der Waals surface area contributed by atoms with Crippen molar-refractivity contribution in [1.29, 1.82) is 0 Å². The monoisotopic (exact) mass is 223 g/mol. The standard InChI is InChI=1S/C12H17NOS/c1-8(2)7-13-12(14)11-6-10(15)5-4-9(11)3/h4-6,8,15H,7H2,1-3H3,(H,13,14). The van der Waals surface area contributed by atoms with Crippen LogP contribution in [0.1, 0.15) is 29.8 Å². The Bertz CT molecular complexity index is 361. The predicted octanol–water partition coefficient (Wildman–Crippen LogP) is 2.67. The first kappa shape index (κ1) is 12.1. The van der Waals surface area contributed by atoms with Crippen molar-refractivity contribution < 1.29 is 4.79 Å². The molecule has 82 valence electrons. The highest BCUT2D eigenvalue weighted by Gasteiger charge is 2.08. The van der Waals surface area contributed by atoms with E-state index in [0.29, 0.717) is 18.0 Å². The van der Waals surface area contributed by atoms with Gasteiger partial charge < -0.3 is 5.32 Å². The summed E-state index contributed by atoms with van der Waals surface area (Å²) in [5, 5.41) is 2.89. The van der Waals surface area contributed by atoms with E-state index in [-0.39, 0.29) is 5.91 Å². The van der Waals surface area contributed by atoms with Gasteiger partial charge in [-0.3, -0.25) is 4.79 Å². The van der Waals surface area contributed by atoms with Crippen LogP contribution in [-0.2, 0) is 0 Å². The van der Waals surface area contributed by atoms with Crippen molar-refractivity contribution in [2.24, 2.45) is 5.92 Å². The molecule has 0 aliphatic carbocycles. The summed E-state index contributed by atoms with van der Waals surface area (Å²) in [4.78, 5) is 12.6. The smallest absolute Gasteiger partial charge is 0.251 e. The normalized spacial score (nSPS) is 10.5. The number of benzene rings is 1. The Labute approximate surface area is 96.5 Å². The van der Waals surface area contributed by atoms with Gasteiger partial charge >= 0.3 is 0 Å². The number of hydrogen-bond donors (Lipinski definition) is 2. The molecule has 0 heterocycles. The molecule has 0 aromatic heterocycles. The van der Waals surface area contributed by atoms with Gasteiger partial charge in [-0.1, -0.05) is 19.9 Å². The van der Waals surface area contributed by atoms with Gasteiger partial charge in [-0.05, 0) is 30.5 Å². The molecule has 0 radical (unpaired) electrons. The van der Waals surface area contributed by atoms with Gasteiger partial charge in [0.05, 0.1) is 0 Å². The number of aryl methyl sites for hydroxylation is 1. The van der Waals surface area contributed by atoms with Crippen LogP contribution in [0.5, 0.6) is 0 Å². The van der Waals surface area contributed by atoms with E-state index in [2.05, 4.69) is 31.8 Å². The van der Waals surface area contributed by atoms with Gasteiger partial charge in [0.25, 0.3) is 5.91 Å². The SMILES string of the molecule is Cc1ccc(S)cc1C(=O)NCC(C)C. The summed E-state index contributed by atoms with van der Waals surface area (Å²) in [6, 6.07) is 5.60. The van der Waals surface area contributed by atoms with Crippen LogP contribution < -0.4 is 5.32 Å². The second-order valence-electron chi connectivity index (χ2n) is 4.10. The van der Waals surface area contributed by atoms with Crippen molar-refractivity contribution in [2.75, 3.05) is 6.54 Å². The molecule has 0 saturated heterocycles. The number of nitrogens with one attached hydrogen (secondary N) is 1. The maximum Gasteiger partial charge on any atom is 0.251 e. The van der Waals surface area contributed by atoms with E-state index in [9.17, 15) is 4.79 Å². The second-order valence-corrected chi connectivity index (χ2v) is 4.62. The minimum Gasteiger partial charge on any atom is -0.352 e. The van der Waals surface area contributed by atoms with Gasteiger partial charge in [-0.15, -0.1) is 12.6 Å². The highest BCUT2D eigenvalue weighted by molar-refractivity contribution is 7.80. The summed E-state index contributed by atoms with van der Waals surface area (Å²) < 4.78 is 0. The van der Waals surface area contributed by atoms with Crippen LogP contribution in [0.3, 0.4) is 0 Å². The molecule has 0 unspecified atom stereocenters. The highest BCUT2D eigenvalue weighted by atomic mass is 32.1. The molecule has 1 amide bonds. The molecule has 1 aromatic carbocycles. The van der Waals surface area contributed by atoms with E-state index in [1.807, 2.05) is 19.1 Å². The Morgan fingerprint density at radius 1 is 1.47 bits per heavy atom. The van der Waals surface area contributed by atoms with E-state index >= 15 is 0 Å². The lowest BCUT2D eigenvalue weighted by Crippen LogP contribution is -2.27. The summed E-state index contributed by atoms with van der Waals surface area (Å²) in [5.74, 6) is 0.450. The molecular formula is C12H17NOS. The van der Waals surface area contributed by atoms with E-state index in [1.165, 1.54) is 0 Å². The molecule has 3 heteroatoms. The highest BCUT2D eigenvalue weighted by Crippen LogP contribution is 2.13. The second kappa shape index (κ2) is 5.21. The van der Waals surface area contributed by atoms with E-state index < -0.39 is 0 Å². The lowest BCUT2D eigenvalue weighted by Gasteiger charge is -2.09. The molecule has 0 atom stereocenters. The Morgan fingerprint density at radius 3 is 2.73 bits per heavy atom. The fraction of sp³-hybridized carbons (Fsp3) is 0.417.